The first kappa shape index (κ1) is 21.4. The van der Waals surface area contributed by atoms with E-state index in [0.717, 1.165) is 29.3 Å². The highest BCUT2D eigenvalue weighted by Crippen LogP contribution is 2.29. The van der Waals surface area contributed by atoms with E-state index in [9.17, 15) is 21.6 Å². The first-order valence-corrected chi connectivity index (χ1v) is 11.6. The molecule has 1 atom stereocenters. The third-order valence-electron chi connectivity index (χ3n) is 5.53. The van der Waals surface area contributed by atoms with Crippen molar-refractivity contribution in [3.63, 3.8) is 0 Å². The average Bonchev–Trinajstić information content (AvgIpc) is 3.15. The largest absolute Gasteiger partial charge is 0.309 e. The highest BCUT2D eigenvalue weighted by molar-refractivity contribution is 7.92. The predicted molar refractivity (Wildman–Crippen MR) is 116 cm³/mol. The van der Waals surface area contributed by atoms with Crippen LogP contribution in [0.5, 0.6) is 0 Å². The fourth-order valence-corrected chi connectivity index (χ4v) is 5.07. The first-order valence-electron chi connectivity index (χ1n) is 10.1. The summed E-state index contributed by atoms with van der Waals surface area (Å²) in [7, 11) is -4.36. The molecular formula is C22H18F3N5O2S. The quantitative estimate of drug-likeness (QED) is 0.432. The molecule has 5 rings (SSSR count). The molecule has 11 heteroatoms. The van der Waals surface area contributed by atoms with Gasteiger partial charge in [0, 0.05) is 24.5 Å². The standard InChI is InChI=1S/C22H18F3N5O2S/c23-17-8-19-14(7-20(17)33(31,32)29-22-6-2-5-21(25)28-22)9-27-30(19)12-13-3-1-4-15-16(13)10-26-11-18(15)24/h1-9,18,26H,10-12H2,(H,28,29). The van der Waals surface area contributed by atoms with E-state index in [1.165, 1.54) is 23.0 Å². The lowest BCUT2D eigenvalue weighted by Gasteiger charge is -2.23. The van der Waals surface area contributed by atoms with Gasteiger partial charge in [-0.15, -0.1) is 0 Å². The van der Waals surface area contributed by atoms with Crippen molar-refractivity contribution in [2.24, 2.45) is 0 Å². The zero-order chi connectivity index (χ0) is 23.2. The average molecular weight is 473 g/mol. The minimum atomic E-state index is -4.36. The number of pyridine rings is 1. The van der Waals surface area contributed by atoms with Gasteiger partial charge >= 0.3 is 0 Å². The van der Waals surface area contributed by atoms with E-state index < -0.39 is 32.9 Å². The fourth-order valence-electron chi connectivity index (χ4n) is 3.98. The van der Waals surface area contributed by atoms with Gasteiger partial charge in [-0.25, -0.2) is 22.2 Å². The predicted octanol–water partition coefficient (Wildman–Crippen LogP) is 3.67. The van der Waals surface area contributed by atoms with E-state index in [-0.39, 0.29) is 18.9 Å². The van der Waals surface area contributed by atoms with E-state index >= 15 is 0 Å². The fraction of sp³-hybridized carbons (Fsp3) is 0.182. The smallest absolute Gasteiger partial charge is 0.265 e. The van der Waals surface area contributed by atoms with Crippen LogP contribution in [-0.4, -0.2) is 29.7 Å². The zero-order valence-corrected chi connectivity index (χ0v) is 17.9. The Bertz CT molecular complexity index is 1470. The van der Waals surface area contributed by atoms with Crippen LogP contribution >= 0.6 is 0 Å². The number of alkyl halides is 1. The van der Waals surface area contributed by atoms with Gasteiger partial charge < -0.3 is 5.32 Å². The molecule has 7 nitrogen and oxygen atoms in total. The topological polar surface area (TPSA) is 88.9 Å². The van der Waals surface area contributed by atoms with Crippen molar-refractivity contribution < 1.29 is 21.6 Å². The molecule has 0 spiro atoms. The second-order valence-electron chi connectivity index (χ2n) is 7.68. The maximum atomic E-state index is 14.9. The number of nitrogens with zero attached hydrogens (tertiary/aromatic N) is 3. The van der Waals surface area contributed by atoms with E-state index in [1.807, 2.05) is 6.07 Å². The molecule has 1 aliphatic heterocycles. The molecule has 1 aliphatic rings. The summed E-state index contributed by atoms with van der Waals surface area (Å²) in [4.78, 5) is 2.83. The number of aromatic nitrogens is 3. The third-order valence-corrected chi connectivity index (χ3v) is 6.90. The van der Waals surface area contributed by atoms with E-state index in [4.69, 9.17) is 0 Å². The molecule has 0 amide bonds. The Morgan fingerprint density at radius 3 is 2.79 bits per heavy atom. The van der Waals surface area contributed by atoms with Crippen molar-refractivity contribution >= 4 is 26.7 Å². The lowest BCUT2D eigenvalue weighted by Crippen LogP contribution is -2.27. The van der Waals surface area contributed by atoms with Gasteiger partial charge in [-0.3, -0.25) is 9.40 Å². The van der Waals surface area contributed by atoms with Gasteiger partial charge in [0.1, 0.15) is 22.7 Å². The van der Waals surface area contributed by atoms with Crippen LogP contribution in [0.4, 0.5) is 19.0 Å². The highest BCUT2D eigenvalue weighted by Gasteiger charge is 2.24. The molecule has 2 aromatic carbocycles. The van der Waals surface area contributed by atoms with Gasteiger partial charge in [-0.05, 0) is 34.9 Å². The number of halogens is 3. The van der Waals surface area contributed by atoms with Crippen LogP contribution in [0.25, 0.3) is 10.9 Å². The first-order chi connectivity index (χ1) is 15.8. The van der Waals surface area contributed by atoms with Gasteiger partial charge in [-0.1, -0.05) is 24.3 Å². The van der Waals surface area contributed by atoms with Crippen molar-refractivity contribution in [1.29, 1.82) is 0 Å². The Balaban J connectivity index is 1.49. The summed E-state index contributed by atoms with van der Waals surface area (Å²) in [5, 5.41) is 7.71. The Labute approximate surface area is 187 Å². The number of hydrogen-bond donors (Lipinski definition) is 2. The maximum absolute atomic E-state index is 14.9. The number of rotatable bonds is 5. The van der Waals surface area contributed by atoms with Crippen molar-refractivity contribution in [3.8, 4) is 0 Å². The van der Waals surface area contributed by atoms with Crippen LogP contribution < -0.4 is 10.0 Å². The molecule has 0 saturated carbocycles. The number of anilines is 1. The Hall–Kier alpha value is -3.44. The van der Waals surface area contributed by atoms with E-state index in [2.05, 4.69) is 20.1 Å². The minimum Gasteiger partial charge on any atom is -0.309 e. The van der Waals surface area contributed by atoms with Crippen LogP contribution in [-0.2, 0) is 23.1 Å². The molecule has 3 heterocycles. The van der Waals surface area contributed by atoms with Crippen molar-refractivity contribution in [3.05, 3.63) is 83.2 Å². The molecule has 1 unspecified atom stereocenters. The Morgan fingerprint density at radius 2 is 1.97 bits per heavy atom. The van der Waals surface area contributed by atoms with Crippen LogP contribution in [0.15, 0.2) is 59.6 Å². The summed E-state index contributed by atoms with van der Waals surface area (Å²) in [5.41, 5.74) is 2.68. The number of hydrogen-bond acceptors (Lipinski definition) is 5. The van der Waals surface area contributed by atoms with Crippen LogP contribution in [0, 0.1) is 11.8 Å². The number of benzene rings is 2. The van der Waals surface area contributed by atoms with Gasteiger partial charge in [0.05, 0.1) is 18.3 Å². The minimum absolute atomic E-state index is 0.253. The Kier molecular flexibility index (Phi) is 5.29. The summed E-state index contributed by atoms with van der Waals surface area (Å²) in [5.74, 6) is -2.13. The zero-order valence-electron chi connectivity index (χ0n) is 17.1. The highest BCUT2D eigenvalue weighted by atomic mass is 32.2. The van der Waals surface area contributed by atoms with Crippen molar-refractivity contribution in [1.82, 2.24) is 20.1 Å². The summed E-state index contributed by atoms with van der Waals surface area (Å²) in [6, 6.07) is 11.2. The van der Waals surface area contributed by atoms with Crippen LogP contribution in [0.2, 0.25) is 0 Å². The molecule has 0 radical (unpaired) electrons. The second-order valence-corrected chi connectivity index (χ2v) is 9.33. The summed E-state index contributed by atoms with van der Waals surface area (Å²) in [6.07, 6.45) is 0.327. The number of fused-ring (bicyclic) bond motifs is 2. The molecule has 2 N–H and O–H groups in total. The SMILES string of the molecule is O=S(=O)(Nc1cccc(F)n1)c1cc2cnn(Cc3cccc4c3CNCC4F)c2cc1F. The molecule has 0 aliphatic carbocycles. The van der Waals surface area contributed by atoms with Gasteiger partial charge in [0.25, 0.3) is 10.0 Å². The molecule has 2 aromatic heterocycles. The summed E-state index contributed by atoms with van der Waals surface area (Å²) >= 11 is 0. The lowest BCUT2D eigenvalue weighted by molar-refractivity contribution is 0.309. The molecule has 170 valence electrons. The molecule has 0 saturated heterocycles. The molecule has 4 aromatic rings. The van der Waals surface area contributed by atoms with Crippen molar-refractivity contribution in [2.75, 3.05) is 11.3 Å². The Morgan fingerprint density at radius 1 is 1.15 bits per heavy atom. The van der Waals surface area contributed by atoms with Gasteiger partial charge in [0.15, 0.2) is 0 Å². The van der Waals surface area contributed by atoms with Gasteiger partial charge in [-0.2, -0.15) is 9.49 Å². The van der Waals surface area contributed by atoms with Crippen molar-refractivity contribution in [2.45, 2.75) is 24.2 Å². The van der Waals surface area contributed by atoms with Crippen LogP contribution in [0.1, 0.15) is 22.9 Å². The number of sulfonamides is 1. The molecule has 0 fully saturated rings. The molecular weight excluding hydrogens is 455 g/mol. The van der Waals surface area contributed by atoms with E-state index in [1.54, 1.807) is 12.1 Å². The van der Waals surface area contributed by atoms with Gasteiger partial charge in [0.2, 0.25) is 5.95 Å². The van der Waals surface area contributed by atoms with Crippen LogP contribution in [0.3, 0.4) is 0 Å². The molecule has 33 heavy (non-hydrogen) atoms. The summed E-state index contributed by atoms with van der Waals surface area (Å²) in [6.45, 7) is 1.03. The second kappa shape index (κ2) is 8.16. The maximum Gasteiger partial charge on any atom is 0.265 e. The third kappa shape index (κ3) is 4.05. The summed E-state index contributed by atoms with van der Waals surface area (Å²) < 4.78 is 71.4. The lowest BCUT2D eigenvalue weighted by atomic mass is 9.95. The monoisotopic (exact) mass is 473 g/mol. The normalized spacial score (nSPS) is 16.0. The molecule has 0 bridgehead atoms. The van der Waals surface area contributed by atoms with E-state index in [0.29, 0.717) is 23.0 Å². The number of nitrogens with one attached hydrogen (secondary N) is 2.